The Morgan fingerprint density at radius 3 is 2.68 bits per heavy atom. The molecule has 0 unspecified atom stereocenters. The molecule has 1 heterocycles. The average Bonchev–Trinajstić information content (AvgIpc) is 2.95. The number of carbonyl (C=O) groups is 2. The third-order valence-electron chi connectivity index (χ3n) is 2.94. The molecule has 1 atom stereocenters. The molecule has 2 rings (SSSR count). The zero-order valence-electron chi connectivity index (χ0n) is 12.2. The summed E-state index contributed by atoms with van der Waals surface area (Å²) < 4.78 is 5.29. The van der Waals surface area contributed by atoms with E-state index in [4.69, 9.17) is 16.3 Å². The van der Waals surface area contributed by atoms with E-state index >= 15 is 0 Å². The number of H-pyrrole nitrogens is 1. The largest absolute Gasteiger partial charge is 0.457 e. The van der Waals surface area contributed by atoms with Crippen molar-refractivity contribution < 1.29 is 14.3 Å². The lowest BCUT2D eigenvalue weighted by Crippen LogP contribution is -2.31. The summed E-state index contributed by atoms with van der Waals surface area (Å²) in [6.45, 7) is 3.37. The van der Waals surface area contributed by atoms with Gasteiger partial charge < -0.3 is 10.1 Å². The third-order valence-corrected chi connectivity index (χ3v) is 3.19. The van der Waals surface area contributed by atoms with Crippen molar-refractivity contribution in [3.05, 3.63) is 41.0 Å². The number of hydrogen-bond acceptors (Lipinski definition) is 4. The smallest absolute Gasteiger partial charge is 0.342 e. The molecule has 0 bridgehead atoms. The molecule has 0 fully saturated rings. The van der Waals surface area contributed by atoms with E-state index in [2.05, 4.69) is 15.5 Å². The van der Waals surface area contributed by atoms with Crippen LogP contribution in [0.5, 0.6) is 0 Å². The van der Waals surface area contributed by atoms with Gasteiger partial charge in [0.2, 0.25) is 5.91 Å². The topological polar surface area (TPSA) is 84.1 Å². The van der Waals surface area contributed by atoms with Crippen molar-refractivity contribution in [1.82, 2.24) is 15.5 Å². The number of benzene rings is 1. The van der Waals surface area contributed by atoms with Gasteiger partial charge in [-0.2, -0.15) is 5.10 Å². The molecule has 116 valence electrons. The number of nitrogens with one attached hydrogen (secondary N) is 2. The number of nitrogens with zero attached hydrogens (tertiary/aromatic N) is 1. The Bertz CT molecular complexity index is 667. The first kappa shape index (κ1) is 16.0. The number of ether oxygens (including phenoxy) is 1. The molecule has 1 amide bonds. The molecule has 0 radical (unpaired) electrons. The summed E-state index contributed by atoms with van der Waals surface area (Å²) >= 11 is 5.85. The molecule has 2 aromatic rings. The summed E-state index contributed by atoms with van der Waals surface area (Å²) in [6.07, 6.45) is 0.974. The molecule has 7 heteroatoms. The van der Waals surface area contributed by atoms with Crippen molar-refractivity contribution in [3.8, 4) is 11.3 Å². The van der Waals surface area contributed by atoms with Crippen LogP contribution in [0.4, 0.5) is 0 Å². The van der Waals surface area contributed by atoms with E-state index in [9.17, 15) is 9.59 Å². The van der Waals surface area contributed by atoms with Crippen LogP contribution in [-0.2, 0) is 9.53 Å². The van der Waals surface area contributed by atoms with Gasteiger partial charge in [0, 0.05) is 17.5 Å². The second-order valence-electron chi connectivity index (χ2n) is 4.82. The van der Waals surface area contributed by atoms with Gasteiger partial charge in [0.1, 0.15) is 11.7 Å². The van der Waals surface area contributed by atoms with Gasteiger partial charge in [0.15, 0.2) is 0 Å². The second-order valence-corrected chi connectivity index (χ2v) is 5.26. The molecule has 1 aromatic carbocycles. The van der Waals surface area contributed by atoms with Gasteiger partial charge in [-0.3, -0.25) is 9.89 Å². The number of halogens is 1. The van der Waals surface area contributed by atoms with Crippen molar-refractivity contribution in [3.63, 3.8) is 0 Å². The van der Waals surface area contributed by atoms with Crippen molar-refractivity contribution in [2.75, 3.05) is 6.54 Å². The first-order chi connectivity index (χ1) is 10.5. The number of amides is 1. The normalized spacial score (nSPS) is 11.8. The molecule has 0 spiro atoms. The number of aromatic nitrogens is 2. The monoisotopic (exact) mass is 321 g/mol. The fourth-order valence-corrected chi connectivity index (χ4v) is 1.98. The highest BCUT2D eigenvalue weighted by Gasteiger charge is 2.19. The summed E-state index contributed by atoms with van der Waals surface area (Å²) in [7, 11) is 0. The molecule has 0 saturated heterocycles. The number of aromatic amines is 1. The van der Waals surface area contributed by atoms with E-state index in [0.29, 0.717) is 16.3 Å². The first-order valence-electron chi connectivity index (χ1n) is 6.72. The van der Waals surface area contributed by atoms with Crippen LogP contribution in [0.3, 0.4) is 0 Å². The van der Waals surface area contributed by atoms with Crippen LogP contribution in [-0.4, -0.2) is 34.7 Å². The van der Waals surface area contributed by atoms with Gasteiger partial charge in [-0.25, -0.2) is 4.79 Å². The summed E-state index contributed by atoms with van der Waals surface area (Å²) in [5, 5.41) is 9.88. The first-order valence-corrected chi connectivity index (χ1v) is 7.10. The summed E-state index contributed by atoms with van der Waals surface area (Å²) in [6, 6.07) is 7.03. The number of rotatable bonds is 5. The Balaban J connectivity index is 2.10. The van der Waals surface area contributed by atoms with E-state index < -0.39 is 12.1 Å². The van der Waals surface area contributed by atoms with Gasteiger partial charge in [-0.15, -0.1) is 0 Å². The lowest BCUT2D eigenvalue weighted by molar-refractivity contribution is -0.119. The molecule has 2 N–H and O–H groups in total. The minimum Gasteiger partial charge on any atom is -0.457 e. The minimum atomic E-state index is -0.503. The van der Waals surface area contributed by atoms with E-state index in [1.807, 2.05) is 0 Å². The van der Waals surface area contributed by atoms with Gasteiger partial charge in [0.25, 0.3) is 0 Å². The Morgan fingerprint density at radius 2 is 2.05 bits per heavy atom. The Kier molecular flexibility index (Phi) is 5.16. The quantitative estimate of drug-likeness (QED) is 0.828. The van der Waals surface area contributed by atoms with Gasteiger partial charge in [-0.05, 0) is 19.1 Å². The molecule has 0 aliphatic carbocycles. The maximum absolute atomic E-state index is 12.2. The van der Waals surface area contributed by atoms with Crippen molar-refractivity contribution in [2.24, 2.45) is 0 Å². The van der Waals surface area contributed by atoms with Crippen molar-refractivity contribution in [1.29, 1.82) is 0 Å². The molecular formula is C15H16ClN3O3. The van der Waals surface area contributed by atoms with E-state index in [-0.39, 0.29) is 12.5 Å². The van der Waals surface area contributed by atoms with Gasteiger partial charge >= 0.3 is 5.97 Å². The Morgan fingerprint density at radius 1 is 1.36 bits per heavy atom. The minimum absolute atomic E-state index is 0.173. The third kappa shape index (κ3) is 4.08. The van der Waals surface area contributed by atoms with Crippen LogP contribution >= 0.6 is 11.6 Å². The fourth-order valence-electron chi connectivity index (χ4n) is 1.85. The molecule has 6 nitrogen and oxygen atoms in total. The Labute approximate surface area is 132 Å². The average molecular weight is 322 g/mol. The highest BCUT2D eigenvalue weighted by molar-refractivity contribution is 6.30. The molecule has 1 aromatic heterocycles. The predicted molar refractivity (Wildman–Crippen MR) is 82.6 cm³/mol. The summed E-state index contributed by atoms with van der Waals surface area (Å²) in [5.41, 5.74) is 1.67. The highest BCUT2D eigenvalue weighted by atomic mass is 35.5. The maximum Gasteiger partial charge on any atom is 0.342 e. The molecule has 0 saturated carbocycles. The Hall–Kier alpha value is -2.34. The van der Waals surface area contributed by atoms with Crippen LogP contribution in [0.25, 0.3) is 11.3 Å². The van der Waals surface area contributed by atoms with Crippen LogP contribution in [0.15, 0.2) is 30.5 Å². The number of esters is 1. The SMILES string of the molecule is CC(=O)NC[C@H](C)OC(=O)c1cn[nH]c1-c1ccc(Cl)cc1. The maximum atomic E-state index is 12.2. The van der Waals surface area contributed by atoms with Crippen LogP contribution in [0.2, 0.25) is 5.02 Å². The fraction of sp³-hybridized carbons (Fsp3) is 0.267. The second kappa shape index (κ2) is 7.09. The number of carbonyl (C=O) groups excluding carboxylic acids is 2. The molecule has 0 aliphatic heterocycles. The zero-order chi connectivity index (χ0) is 16.1. The summed E-state index contributed by atoms with van der Waals surface area (Å²) in [5.74, 6) is -0.676. The predicted octanol–water partition coefficient (Wildman–Crippen LogP) is 2.41. The molecule has 0 aliphatic rings. The molecular weight excluding hydrogens is 306 g/mol. The standard InChI is InChI=1S/C15H16ClN3O3/c1-9(7-17-10(2)20)22-15(21)13-8-18-19-14(13)11-3-5-12(16)6-4-11/h3-6,8-9H,7H2,1-2H3,(H,17,20)(H,18,19)/t9-/m0/s1. The van der Waals surface area contributed by atoms with Gasteiger partial charge in [0.05, 0.1) is 18.4 Å². The van der Waals surface area contributed by atoms with Crippen molar-refractivity contribution >= 4 is 23.5 Å². The van der Waals surface area contributed by atoms with Crippen LogP contribution < -0.4 is 5.32 Å². The van der Waals surface area contributed by atoms with E-state index in [1.54, 1.807) is 31.2 Å². The highest BCUT2D eigenvalue weighted by Crippen LogP contribution is 2.23. The van der Waals surface area contributed by atoms with Crippen molar-refractivity contribution in [2.45, 2.75) is 20.0 Å². The van der Waals surface area contributed by atoms with Crippen LogP contribution in [0.1, 0.15) is 24.2 Å². The number of hydrogen-bond donors (Lipinski definition) is 2. The molecule has 22 heavy (non-hydrogen) atoms. The summed E-state index contributed by atoms with van der Waals surface area (Å²) in [4.78, 5) is 23.1. The van der Waals surface area contributed by atoms with Crippen LogP contribution in [0, 0.1) is 0 Å². The lowest BCUT2D eigenvalue weighted by Gasteiger charge is -2.13. The lowest BCUT2D eigenvalue weighted by atomic mass is 10.1. The van der Waals surface area contributed by atoms with E-state index in [1.165, 1.54) is 13.1 Å². The van der Waals surface area contributed by atoms with Gasteiger partial charge in [-0.1, -0.05) is 23.7 Å². The zero-order valence-corrected chi connectivity index (χ0v) is 13.0. The van der Waals surface area contributed by atoms with E-state index in [0.717, 1.165) is 5.56 Å².